The maximum Gasteiger partial charge on any atom is 0.320 e. The van der Waals surface area contributed by atoms with Crippen molar-refractivity contribution < 1.29 is 26.3 Å². The van der Waals surface area contributed by atoms with Crippen molar-refractivity contribution in [3.05, 3.63) is 12.7 Å². The van der Waals surface area contributed by atoms with Gasteiger partial charge in [-0.15, -0.1) is 6.58 Å². The minimum atomic E-state index is -4.68. The molecule has 0 radical (unpaired) electrons. The van der Waals surface area contributed by atoms with Crippen LogP contribution in [0.1, 0.15) is 33.6 Å². The van der Waals surface area contributed by atoms with Crippen LogP contribution in [0.15, 0.2) is 12.7 Å². The van der Waals surface area contributed by atoms with Gasteiger partial charge in [-0.1, -0.05) is 6.08 Å². The summed E-state index contributed by atoms with van der Waals surface area (Å²) in [5.74, 6) is -8.87. The first-order valence-corrected chi connectivity index (χ1v) is 5.08. The van der Waals surface area contributed by atoms with Crippen LogP contribution in [0, 0.1) is 0 Å². The summed E-state index contributed by atoms with van der Waals surface area (Å²) in [6.45, 7) is 5.74. The van der Waals surface area contributed by atoms with Crippen molar-refractivity contribution in [3.8, 4) is 0 Å². The molecule has 0 aromatic carbocycles. The zero-order valence-electron chi connectivity index (χ0n) is 9.97. The van der Waals surface area contributed by atoms with Crippen molar-refractivity contribution in [2.24, 2.45) is 0 Å². The predicted molar refractivity (Wildman–Crippen MR) is 54.0 cm³/mol. The Balaban J connectivity index is 0.000000770. The molecule has 2 atom stereocenters. The van der Waals surface area contributed by atoms with Gasteiger partial charge in [0.15, 0.2) is 5.67 Å². The Morgan fingerprint density at radius 2 is 1.29 bits per heavy atom. The highest BCUT2D eigenvalue weighted by molar-refractivity contribution is 5.13. The molecule has 0 amide bonds. The molecule has 0 aromatic rings. The first-order chi connectivity index (χ1) is 7.37. The molecule has 0 N–H and O–H groups in total. The van der Waals surface area contributed by atoms with Gasteiger partial charge in [0.1, 0.15) is 0 Å². The fraction of sp³-hybridized carbons (Fsp3) is 0.818. The lowest BCUT2D eigenvalue weighted by molar-refractivity contribution is -0.311. The maximum atomic E-state index is 13.2. The van der Waals surface area contributed by atoms with E-state index in [0.717, 1.165) is 0 Å². The smallest absolute Gasteiger partial charge is 0.237 e. The second-order valence-electron chi connectivity index (χ2n) is 4.39. The molecule has 1 fully saturated rings. The van der Waals surface area contributed by atoms with Gasteiger partial charge in [-0.3, -0.25) is 0 Å². The summed E-state index contributed by atoms with van der Waals surface area (Å²) in [7, 11) is 0. The molecule has 2 unspecified atom stereocenters. The molecule has 1 saturated carbocycles. The molecular formula is C11H16F6. The highest BCUT2D eigenvalue weighted by atomic mass is 19.3. The number of hydrogen-bond acceptors (Lipinski definition) is 0. The molecule has 0 aromatic heterocycles. The quantitative estimate of drug-likeness (QED) is 0.438. The summed E-state index contributed by atoms with van der Waals surface area (Å²) in [4.78, 5) is 0. The van der Waals surface area contributed by atoms with Crippen LogP contribution in [0.2, 0.25) is 0 Å². The van der Waals surface area contributed by atoms with E-state index < -0.39 is 36.0 Å². The number of hydrogen-bond donors (Lipinski definition) is 0. The minimum absolute atomic E-state index is 0.0456. The SMILES string of the molecule is C=CC.CC1(F)CCC(F)(F)C(C)(F)C1(F)F. The standard InChI is InChI=1S/C8H10F6.C3H6/c1-5(9)3-4-7(11,12)6(2,10)8(5,13)14;1-3-2/h3-4H2,1-2H3;3H,1H2,2H3. The third kappa shape index (κ3) is 2.45. The van der Waals surface area contributed by atoms with Gasteiger partial charge >= 0.3 is 5.92 Å². The van der Waals surface area contributed by atoms with E-state index in [0.29, 0.717) is 6.92 Å². The lowest BCUT2D eigenvalue weighted by Gasteiger charge is -2.46. The Kier molecular flexibility index (Phi) is 4.35. The lowest BCUT2D eigenvalue weighted by atomic mass is 9.73. The van der Waals surface area contributed by atoms with E-state index in [1.54, 1.807) is 6.08 Å². The van der Waals surface area contributed by atoms with Crippen molar-refractivity contribution in [2.75, 3.05) is 0 Å². The molecule has 0 heterocycles. The van der Waals surface area contributed by atoms with E-state index in [1.165, 1.54) is 0 Å². The second-order valence-corrected chi connectivity index (χ2v) is 4.39. The Morgan fingerprint density at radius 3 is 1.59 bits per heavy atom. The normalized spacial score (nSPS) is 38.9. The molecule has 102 valence electrons. The minimum Gasteiger partial charge on any atom is -0.237 e. The average Bonchev–Trinajstić information content (AvgIpc) is 2.14. The van der Waals surface area contributed by atoms with E-state index in [4.69, 9.17) is 0 Å². The third-order valence-electron chi connectivity index (χ3n) is 2.84. The number of alkyl halides is 6. The van der Waals surface area contributed by atoms with Gasteiger partial charge in [-0.25, -0.2) is 17.6 Å². The Bertz CT molecular complexity index is 254. The van der Waals surface area contributed by atoms with Gasteiger partial charge in [0.2, 0.25) is 5.67 Å². The van der Waals surface area contributed by atoms with Crippen molar-refractivity contribution in [3.63, 3.8) is 0 Å². The topological polar surface area (TPSA) is 0 Å². The van der Waals surface area contributed by atoms with Crippen LogP contribution in [-0.4, -0.2) is 23.2 Å². The Morgan fingerprint density at radius 1 is 0.941 bits per heavy atom. The van der Waals surface area contributed by atoms with Crippen LogP contribution in [0.5, 0.6) is 0 Å². The van der Waals surface area contributed by atoms with E-state index in [-0.39, 0.29) is 6.92 Å². The summed E-state index contributed by atoms with van der Waals surface area (Å²) >= 11 is 0. The van der Waals surface area contributed by atoms with Crippen LogP contribution in [0.25, 0.3) is 0 Å². The Hall–Kier alpha value is -0.680. The first kappa shape index (κ1) is 16.3. The Labute approximate surface area is 96.7 Å². The number of allylic oxidation sites excluding steroid dienone is 1. The molecule has 0 spiro atoms. The fourth-order valence-corrected chi connectivity index (χ4v) is 1.50. The van der Waals surface area contributed by atoms with Crippen molar-refractivity contribution in [1.82, 2.24) is 0 Å². The third-order valence-corrected chi connectivity index (χ3v) is 2.84. The molecule has 0 aliphatic heterocycles. The summed E-state index contributed by atoms with van der Waals surface area (Å²) in [6.07, 6.45) is -0.505. The van der Waals surface area contributed by atoms with E-state index in [1.807, 2.05) is 6.92 Å². The summed E-state index contributed by atoms with van der Waals surface area (Å²) in [5.41, 5.74) is -7.36. The van der Waals surface area contributed by atoms with Crippen LogP contribution in [0.3, 0.4) is 0 Å². The molecule has 0 saturated heterocycles. The van der Waals surface area contributed by atoms with Crippen LogP contribution < -0.4 is 0 Å². The van der Waals surface area contributed by atoms with Crippen LogP contribution >= 0.6 is 0 Å². The van der Waals surface area contributed by atoms with Crippen molar-refractivity contribution in [2.45, 2.75) is 56.8 Å². The second kappa shape index (κ2) is 4.53. The molecule has 17 heavy (non-hydrogen) atoms. The first-order valence-electron chi connectivity index (χ1n) is 5.08. The molecule has 0 nitrogen and oxygen atoms in total. The molecule has 1 aliphatic carbocycles. The maximum absolute atomic E-state index is 13.2. The number of halogens is 6. The van der Waals surface area contributed by atoms with Gasteiger partial charge in [-0.2, -0.15) is 8.78 Å². The molecule has 1 aliphatic rings. The van der Waals surface area contributed by atoms with Gasteiger partial charge in [0.25, 0.3) is 5.92 Å². The van der Waals surface area contributed by atoms with Crippen LogP contribution in [-0.2, 0) is 0 Å². The van der Waals surface area contributed by atoms with Gasteiger partial charge in [-0.05, 0) is 27.2 Å². The van der Waals surface area contributed by atoms with Gasteiger partial charge < -0.3 is 0 Å². The van der Waals surface area contributed by atoms with E-state index in [9.17, 15) is 26.3 Å². The molecule has 6 heteroatoms. The highest BCUT2D eigenvalue weighted by Crippen LogP contribution is 2.57. The molecule has 1 rings (SSSR count). The van der Waals surface area contributed by atoms with Gasteiger partial charge in [0, 0.05) is 6.42 Å². The lowest BCUT2D eigenvalue weighted by Crippen LogP contribution is -2.67. The van der Waals surface area contributed by atoms with Crippen molar-refractivity contribution >= 4 is 0 Å². The molecular weight excluding hydrogens is 246 g/mol. The average molecular weight is 262 g/mol. The summed E-state index contributed by atoms with van der Waals surface area (Å²) in [6, 6.07) is 0. The monoisotopic (exact) mass is 262 g/mol. The number of rotatable bonds is 0. The van der Waals surface area contributed by atoms with E-state index >= 15 is 0 Å². The zero-order valence-corrected chi connectivity index (χ0v) is 9.97. The summed E-state index contributed by atoms with van der Waals surface area (Å²) in [5, 5.41) is 0. The zero-order chi connectivity index (χ0) is 14.1. The van der Waals surface area contributed by atoms with Crippen molar-refractivity contribution in [1.29, 1.82) is 0 Å². The largest absolute Gasteiger partial charge is 0.320 e. The van der Waals surface area contributed by atoms with E-state index in [2.05, 4.69) is 6.58 Å². The summed E-state index contributed by atoms with van der Waals surface area (Å²) < 4.78 is 78.0. The molecule has 0 bridgehead atoms. The highest BCUT2D eigenvalue weighted by Gasteiger charge is 2.76. The fourth-order valence-electron chi connectivity index (χ4n) is 1.50. The van der Waals surface area contributed by atoms with Crippen LogP contribution in [0.4, 0.5) is 26.3 Å². The predicted octanol–water partition coefficient (Wildman–Crippen LogP) is 4.70. The van der Waals surface area contributed by atoms with Gasteiger partial charge in [0.05, 0.1) is 0 Å².